The van der Waals surface area contributed by atoms with Gasteiger partial charge in [-0.2, -0.15) is 0 Å². The van der Waals surface area contributed by atoms with Crippen LogP contribution in [-0.2, 0) is 24.2 Å². The number of sulfone groups is 1. The number of rotatable bonds is 7. The van der Waals surface area contributed by atoms with Crippen LogP contribution >= 0.6 is 11.8 Å². The third-order valence-electron chi connectivity index (χ3n) is 4.27. The molecule has 3 rings (SSSR count). The topological polar surface area (TPSA) is 89.5 Å². The molecule has 0 bridgehead atoms. The van der Waals surface area contributed by atoms with E-state index in [4.69, 9.17) is 4.74 Å². The third-order valence-corrected chi connectivity index (χ3v) is 7.52. The first-order chi connectivity index (χ1) is 13.4. The highest BCUT2D eigenvalue weighted by molar-refractivity contribution is 8.02. The van der Waals surface area contributed by atoms with E-state index in [0.29, 0.717) is 12.1 Å². The van der Waals surface area contributed by atoms with Crippen LogP contribution in [-0.4, -0.2) is 49.4 Å². The third kappa shape index (κ3) is 6.10. The highest BCUT2D eigenvalue weighted by Gasteiger charge is 2.28. The lowest BCUT2D eigenvalue weighted by molar-refractivity contribution is -0.144. The minimum absolute atomic E-state index is 0.0409. The molecule has 1 atom stereocenters. The molecule has 0 spiro atoms. The smallest absolute Gasteiger partial charge is 0.316 e. The maximum Gasteiger partial charge on any atom is 0.316 e. The Labute approximate surface area is 168 Å². The summed E-state index contributed by atoms with van der Waals surface area (Å²) in [4.78, 5) is 23.7. The van der Waals surface area contributed by atoms with Crippen LogP contribution in [0.5, 0.6) is 0 Å². The SMILES string of the molecule is O=C(COC(=O)CS[C@H]1CCS(=O)(=O)C1)Nc1ccc(-c2ccccc2)cc1. The number of hydrogen-bond acceptors (Lipinski definition) is 6. The molecule has 148 valence electrons. The second-order valence-electron chi connectivity index (χ2n) is 6.49. The Hall–Kier alpha value is -2.32. The van der Waals surface area contributed by atoms with E-state index in [1.54, 1.807) is 12.1 Å². The Balaban J connectivity index is 1.40. The first-order valence-corrected chi connectivity index (χ1v) is 11.7. The molecule has 0 unspecified atom stereocenters. The van der Waals surface area contributed by atoms with E-state index in [-0.39, 0.29) is 29.1 Å². The Morgan fingerprint density at radius 3 is 2.36 bits per heavy atom. The molecule has 6 nitrogen and oxygen atoms in total. The summed E-state index contributed by atoms with van der Waals surface area (Å²) in [5.74, 6) is -0.632. The van der Waals surface area contributed by atoms with Crippen molar-refractivity contribution in [1.29, 1.82) is 0 Å². The fourth-order valence-electron chi connectivity index (χ4n) is 2.84. The van der Waals surface area contributed by atoms with Crippen molar-refractivity contribution < 1.29 is 22.7 Å². The predicted octanol–water partition coefficient (Wildman–Crippen LogP) is 2.76. The largest absolute Gasteiger partial charge is 0.455 e. The number of amides is 1. The zero-order valence-corrected chi connectivity index (χ0v) is 16.8. The van der Waals surface area contributed by atoms with Gasteiger partial charge in [-0.05, 0) is 29.7 Å². The molecule has 0 saturated carbocycles. The minimum Gasteiger partial charge on any atom is -0.455 e. The van der Waals surface area contributed by atoms with Gasteiger partial charge in [0.05, 0.1) is 17.3 Å². The summed E-state index contributed by atoms with van der Waals surface area (Å²) < 4.78 is 27.7. The monoisotopic (exact) mass is 419 g/mol. The summed E-state index contributed by atoms with van der Waals surface area (Å²) in [6.45, 7) is -0.372. The van der Waals surface area contributed by atoms with Gasteiger partial charge < -0.3 is 10.1 Å². The van der Waals surface area contributed by atoms with E-state index in [1.165, 1.54) is 11.8 Å². The molecule has 1 heterocycles. The highest BCUT2D eigenvalue weighted by Crippen LogP contribution is 2.24. The van der Waals surface area contributed by atoms with Gasteiger partial charge in [0.15, 0.2) is 16.4 Å². The van der Waals surface area contributed by atoms with Crippen molar-refractivity contribution in [3.63, 3.8) is 0 Å². The van der Waals surface area contributed by atoms with Crippen LogP contribution in [0, 0.1) is 0 Å². The number of hydrogen-bond donors (Lipinski definition) is 1. The quantitative estimate of drug-likeness (QED) is 0.694. The number of esters is 1. The normalized spacial score (nSPS) is 17.8. The Morgan fingerprint density at radius 2 is 1.71 bits per heavy atom. The van der Waals surface area contributed by atoms with Gasteiger partial charge in [-0.1, -0.05) is 42.5 Å². The van der Waals surface area contributed by atoms with E-state index in [2.05, 4.69) is 5.32 Å². The Morgan fingerprint density at radius 1 is 1.04 bits per heavy atom. The summed E-state index contributed by atoms with van der Waals surface area (Å²) in [5, 5.41) is 2.61. The highest BCUT2D eigenvalue weighted by atomic mass is 32.2. The van der Waals surface area contributed by atoms with Crippen molar-refractivity contribution in [2.45, 2.75) is 11.7 Å². The molecule has 8 heteroatoms. The zero-order chi connectivity index (χ0) is 20.0. The van der Waals surface area contributed by atoms with Crippen molar-refractivity contribution >= 4 is 39.2 Å². The molecule has 28 heavy (non-hydrogen) atoms. The van der Waals surface area contributed by atoms with E-state index in [1.807, 2.05) is 42.5 Å². The molecular formula is C20H21NO5S2. The van der Waals surface area contributed by atoms with Gasteiger partial charge in [0.25, 0.3) is 5.91 Å². The molecular weight excluding hydrogens is 398 g/mol. The second-order valence-corrected chi connectivity index (χ2v) is 10.0. The van der Waals surface area contributed by atoms with E-state index < -0.39 is 21.7 Å². The summed E-state index contributed by atoms with van der Waals surface area (Å²) in [5.41, 5.74) is 2.74. The Bertz CT molecular complexity index is 927. The van der Waals surface area contributed by atoms with Crippen LogP contribution in [0.3, 0.4) is 0 Å². The summed E-state index contributed by atoms with van der Waals surface area (Å²) in [7, 11) is -2.96. The predicted molar refractivity (Wildman–Crippen MR) is 111 cm³/mol. The van der Waals surface area contributed by atoms with Crippen LogP contribution in [0.25, 0.3) is 11.1 Å². The summed E-state index contributed by atoms with van der Waals surface area (Å²) in [6.07, 6.45) is 0.555. The van der Waals surface area contributed by atoms with E-state index in [9.17, 15) is 18.0 Å². The van der Waals surface area contributed by atoms with Gasteiger partial charge in [-0.25, -0.2) is 8.42 Å². The van der Waals surface area contributed by atoms with E-state index in [0.717, 1.165) is 11.1 Å². The average Bonchev–Trinajstić information content (AvgIpc) is 3.05. The number of anilines is 1. The van der Waals surface area contributed by atoms with Gasteiger partial charge in [-0.3, -0.25) is 9.59 Å². The number of carbonyl (C=O) groups is 2. The fourth-order valence-corrected chi connectivity index (χ4v) is 6.28. The summed E-state index contributed by atoms with van der Waals surface area (Å²) >= 11 is 1.26. The van der Waals surface area contributed by atoms with Crippen molar-refractivity contribution in [1.82, 2.24) is 0 Å². The fraction of sp³-hybridized carbons (Fsp3) is 0.300. The maximum atomic E-state index is 11.9. The lowest BCUT2D eigenvalue weighted by Gasteiger charge is -2.09. The molecule has 1 aliphatic rings. The number of carbonyl (C=O) groups excluding carboxylic acids is 2. The number of thioether (sulfide) groups is 1. The van der Waals surface area contributed by atoms with Crippen LogP contribution in [0.4, 0.5) is 5.69 Å². The number of benzene rings is 2. The van der Waals surface area contributed by atoms with Crippen molar-refractivity contribution in [3.05, 3.63) is 54.6 Å². The molecule has 0 aliphatic carbocycles. The van der Waals surface area contributed by atoms with Crippen LogP contribution in [0.15, 0.2) is 54.6 Å². The first kappa shape index (κ1) is 20.4. The molecule has 2 aromatic carbocycles. The van der Waals surface area contributed by atoms with Crippen molar-refractivity contribution in [2.24, 2.45) is 0 Å². The first-order valence-electron chi connectivity index (χ1n) is 8.84. The van der Waals surface area contributed by atoms with Crippen molar-refractivity contribution in [2.75, 3.05) is 29.2 Å². The lowest BCUT2D eigenvalue weighted by atomic mass is 10.1. The van der Waals surface area contributed by atoms with Gasteiger partial charge >= 0.3 is 5.97 Å². The Kier molecular flexibility index (Phi) is 6.74. The maximum absolute atomic E-state index is 11.9. The second kappa shape index (κ2) is 9.25. The molecule has 1 fully saturated rings. The lowest BCUT2D eigenvalue weighted by Crippen LogP contribution is -2.22. The standard InChI is InChI=1S/C20H21NO5S2/c22-19(12-26-20(23)13-27-18-10-11-28(24,25)14-18)21-17-8-6-16(7-9-17)15-4-2-1-3-5-15/h1-9,18H,10-14H2,(H,21,22)/t18-/m0/s1. The zero-order valence-electron chi connectivity index (χ0n) is 15.2. The molecule has 1 saturated heterocycles. The van der Waals surface area contributed by atoms with Crippen LogP contribution < -0.4 is 5.32 Å². The van der Waals surface area contributed by atoms with Crippen LogP contribution in [0.2, 0.25) is 0 Å². The number of nitrogens with one attached hydrogen (secondary N) is 1. The van der Waals surface area contributed by atoms with Gasteiger partial charge in [-0.15, -0.1) is 11.8 Å². The van der Waals surface area contributed by atoms with Crippen molar-refractivity contribution in [3.8, 4) is 11.1 Å². The summed E-state index contributed by atoms with van der Waals surface area (Å²) in [6, 6.07) is 17.3. The molecule has 1 N–H and O–H groups in total. The van der Waals surface area contributed by atoms with Gasteiger partial charge in [0.2, 0.25) is 0 Å². The van der Waals surface area contributed by atoms with Gasteiger partial charge in [0, 0.05) is 10.9 Å². The average molecular weight is 420 g/mol. The minimum atomic E-state index is -2.96. The van der Waals surface area contributed by atoms with Crippen LogP contribution in [0.1, 0.15) is 6.42 Å². The molecule has 2 aromatic rings. The van der Waals surface area contributed by atoms with Gasteiger partial charge in [0.1, 0.15) is 0 Å². The number of ether oxygens (including phenoxy) is 1. The van der Waals surface area contributed by atoms with E-state index >= 15 is 0 Å². The molecule has 1 aliphatic heterocycles. The molecule has 0 radical (unpaired) electrons. The molecule has 0 aromatic heterocycles. The molecule has 1 amide bonds.